The lowest BCUT2D eigenvalue weighted by Gasteiger charge is -2.04. The Morgan fingerprint density at radius 1 is 1.44 bits per heavy atom. The number of hydrogen-bond donors (Lipinski definition) is 0. The van der Waals surface area contributed by atoms with Gasteiger partial charge in [-0.15, -0.1) is 0 Å². The molecule has 0 fully saturated rings. The third kappa shape index (κ3) is 2.53. The number of hydrogen-bond acceptors (Lipinski definition) is 3. The average Bonchev–Trinajstić information content (AvgIpc) is 2.57. The number of isothiocyanates is 1. The molecule has 5 heteroatoms. The van der Waals surface area contributed by atoms with E-state index in [1.54, 1.807) is 10.7 Å². The lowest BCUT2D eigenvalue weighted by Crippen LogP contribution is -2.04. The molecule has 0 atom stereocenters. The molecule has 1 heterocycles. The Labute approximate surface area is 110 Å². The van der Waals surface area contributed by atoms with E-state index in [2.05, 4.69) is 27.5 Å². The summed E-state index contributed by atoms with van der Waals surface area (Å²) in [6, 6.07) is 6.47. The van der Waals surface area contributed by atoms with Crippen LogP contribution in [-0.2, 0) is 6.54 Å². The van der Waals surface area contributed by atoms with Crippen molar-refractivity contribution in [1.29, 1.82) is 0 Å². The molecule has 0 bridgehead atoms. The molecule has 0 aliphatic heterocycles. The number of aryl methyl sites for hydroxylation is 1. The highest BCUT2D eigenvalue weighted by Crippen LogP contribution is 2.23. The van der Waals surface area contributed by atoms with E-state index in [1.807, 2.05) is 19.9 Å². The van der Waals surface area contributed by atoms with Gasteiger partial charge in [0.25, 0.3) is 0 Å². The van der Waals surface area contributed by atoms with E-state index in [0.29, 0.717) is 6.54 Å². The minimum Gasteiger partial charge on any atom is -0.263 e. The minimum atomic E-state index is -0.244. The molecular formula is C13H12FN3S. The lowest BCUT2D eigenvalue weighted by molar-refractivity contribution is 0.616. The van der Waals surface area contributed by atoms with Gasteiger partial charge in [-0.1, -0.05) is 12.1 Å². The summed E-state index contributed by atoms with van der Waals surface area (Å²) in [4.78, 5) is 3.99. The molecule has 0 saturated carbocycles. The molecule has 92 valence electrons. The van der Waals surface area contributed by atoms with Crippen molar-refractivity contribution >= 4 is 23.1 Å². The Bertz CT molecular complexity index is 627. The Balaban J connectivity index is 2.35. The molecule has 1 aromatic carbocycles. The highest BCUT2D eigenvalue weighted by Gasteiger charge is 2.10. The fourth-order valence-corrected chi connectivity index (χ4v) is 1.95. The van der Waals surface area contributed by atoms with Gasteiger partial charge >= 0.3 is 0 Å². The van der Waals surface area contributed by atoms with Crippen LogP contribution in [0.2, 0.25) is 0 Å². The van der Waals surface area contributed by atoms with Crippen LogP contribution >= 0.6 is 12.2 Å². The molecule has 18 heavy (non-hydrogen) atoms. The molecule has 1 aromatic heterocycles. The van der Waals surface area contributed by atoms with Crippen LogP contribution in [0.3, 0.4) is 0 Å². The van der Waals surface area contributed by atoms with Crippen LogP contribution in [0.25, 0.3) is 0 Å². The predicted octanol–water partition coefficient (Wildman–Crippen LogP) is 3.42. The number of benzene rings is 1. The third-order valence-electron chi connectivity index (χ3n) is 2.72. The number of halogens is 1. The number of aliphatic imine (C=N–C) groups is 1. The van der Waals surface area contributed by atoms with Crippen molar-refractivity contribution in [1.82, 2.24) is 9.78 Å². The van der Waals surface area contributed by atoms with E-state index in [1.165, 1.54) is 12.1 Å². The SMILES string of the molecule is Cc1nn(Cc2cccc(F)c2)c(C)c1N=C=S. The van der Waals surface area contributed by atoms with Gasteiger partial charge in [0.05, 0.1) is 23.1 Å². The first-order chi connectivity index (χ1) is 8.61. The molecule has 0 unspecified atom stereocenters. The van der Waals surface area contributed by atoms with Gasteiger partial charge in [0.15, 0.2) is 0 Å². The first-order valence-electron chi connectivity index (χ1n) is 5.48. The highest BCUT2D eigenvalue weighted by atomic mass is 32.1. The number of nitrogens with zero attached hydrogens (tertiary/aromatic N) is 3. The van der Waals surface area contributed by atoms with Gasteiger partial charge in [0.1, 0.15) is 11.5 Å². The normalized spacial score (nSPS) is 10.2. The van der Waals surface area contributed by atoms with Gasteiger partial charge in [-0.05, 0) is 43.8 Å². The van der Waals surface area contributed by atoms with Crippen molar-refractivity contribution in [2.45, 2.75) is 20.4 Å². The largest absolute Gasteiger partial charge is 0.263 e. The molecular weight excluding hydrogens is 249 g/mol. The molecule has 0 spiro atoms. The van der Waals surface area contributed by atoms with Gasteiger partial charge in [-0.3, -0.25) is 4.68 Å². The number of rotatable bonds is 3. The summed E-state index contributed by atoms with van der Waals surface area (Å²) in [6.45, 7) is 4.28. The van der Waals surface area contributed by atoms with E-state index < -0.39 is 0 Å². The molecule has 0 aliphatic carbocycles. The maximum atomic E-state index is 13.1. The number of thiocarbonyl (C=S) groups is 1. The van der Waals surface area contributed by atoms with Crippen LogP contribution in [-0.4, -0.2) is 14.9 Å². The van der Waals surface area contributed by atoms with Crippen molar-refractivity contribution in [3.8, 4) is 0 Å². The summed E-state index contributed by atoms with van der Waals surface area (Å²) in [6.07, 6.45) is 0. The second-order valence-corrected chi connectivity index (χ2v) is 4.19. The third-order valence-corrected chi connectivity index (χ3v) is 2.81. The average molecular weight is 261 g/mol. The second-order valence-electron chi connectivity index (χ2n) is 4.01. The molecule has 2 rings (SSSR count). The summed E-state index contributed by atoms with van der Waals surface area (Å²) in [5, 5.41) is 6.71. The van der Waals surface area contributed by atoms with Gasteiger partial charge in [0, 0.05) is 0 Å². The summed E-state index contributed by atoms with van der Waals surface area (Å²) in [5.74, 6) is -0.244. The smallest absolute Gasteiger partial charge is 0.123 e. The maximum absolute atomic E-state index is 13.1. The van der Waals surface area contributed by atoms with Gasteiger partial charge < -0.3 is 0 Å². The van der Waals surface area contributed by atoms with Crippen molar-refractivity contribution < 1.29 is 4.39 Å². The quantitative estimate of drug-likeness (QED) is 0.626. The topological polar surface area (TPSA) is 30.2 Å². The van der Waals surface area contributed by atoms with Crippen LogP contribution in [0.4, 0.5) is 10.1 Å². The van der Waals surface area contributed by atoms with E-state index in [-0.39, 0.29) is 5.82 Å². The fourth-order valence-electron chi connectivity index (χ4n) is 1.86. The Kier molecular flexibility index (Phi) is 3.65. The van der Waals surface area contributed by atoms with Crippen molar-refractivity contribution in [2.24, 2.45) is 4.99 Å². The zero-order chi connectivity index (χ0) is 13.1. The molecule has 0 N–H and O–H groups in total. The zero-order valence-electron chi connectivity index (χ0n) is 10.1. The van der Waals surface area contributed by atoms with Gasteiger partial charge in [0.2, 0.25) is 0 Å². The maximum Gasteiger partial charge on any atom is 0.123 e. The fraction of sp³-hybridized carbons (Fsp3) is 0.231. The van der Waals surface area contributed by atoms with Crippen molar-refractivity contribution in [3.05, 3.63) is 47.0 Å². The van der Waals surface area contributed by atoms with Crippen LogP contribution in [0, 0.1) is 19.7 Å². The van der Waals surface area contributed by atoms with E-state index in [9.17, 15) is 4.39 Å². The molecule has 0 aliphatic rings. The van der Waals surface area contributed by atoms with Crippen molar-refractivity contribution in [3.63, 3.8) is 0 Å². The first-order valence-corrected chi connectivity index (χ1v) is 5.89. The monoisotopic (exact) mass is 261 g/mol. The summed E-state index contributed by atoms with van der Waals surface area (Å²) in [5.41, 5.74) is 3.29. The predicted molar refractivity (Wildman–Crippen MR) is 71.9 cm³/mol. The van der Waals surface area contributed by atoms with Crippen LogP contribution in [0.15, 0.2) is 29.3 Å². The summed E-state index contributed by atoms with van der Waals surface area (Å²) >= 11 is 4.61. The van der Waals surface area contributed by atoms with E-state index in [0.717, 1.165) is 22.6 Å². The molecule has 3 nitrogen and oxygen atoms in total. The second kappa shape index (κ2) is 5.21. The van der Waals surface area contributed by atoms with Crippen LogP contribution in [0.1, 0.15) is 17.0 Å². The molecule has 0 radical (unpaired) electrons. The van der Waals surface area contributed by atoms with Gasteiger partial charge in [-0.2, -0.15) is 10.1 Å². The first kappa shape index (κ1) is 12.6. The molecule has 2 aromatic rings. The molecule has 0 amide bonds. The van der Waals surface area contributed by atoms with Crippen molar-refractivity contribution in [2.75, 3.05) is 0 Å². The number of aromatic nitrogens is 2. The summed E-state index contributed by atoms with van der Waals surface area (Å²) in [7, 11) is 0. The Morgan fingerprint density at radius 2 is 2.22 bits per heavy atom. The van der Waals surface area contributed by atoms with Gasteiger partial charge in [-0.25, -0.2) is 4.39 Å². The lowest BCUT2D eigenvalue weighted by atomic mass is 10.2. The standard InChI is InChI=1S/C13H12FN3S/c1-9-13(15-8-18)10(2)17(16-9)7-11-4-3-5-12(14)6-11/h3-6H,7H2,1-2H3. The summed E-state index contributed by atoms with van der Waals surface area (Å²) < 4.78 is 14.9. The minimum absolute atomic E-state index is 0.244. The highest BCUT2D eigenvalue weighted by molar-refractivity contribution is 7.78. The van der Waals surface area contributed by atoms with E-state index >= 15 is 0 Å². The Morgan fingerprint density at radius 3 is 2.89 bits per heavy atom. The van der Waals surface area contributed by atoms with Crippen LogP contribution < -0.4 is 0 Å². The zero-order valence-corrected chi connectivity index (χ0v) is 11.0. The Hall–Kier alpha value is -1.84. The van der Waals surface area contributed by atoms with E-state index in [4.69, 9.17) is 0 Å². The molecule has 0 saturated heterocycles. The van der Waals surface area contributed by atoms with Crippen LogP contribution in [0.5, 0.6) is 0 Å².